The van der Waals surface area contributed by atoms with Crippen LogP contribution in [0.1, 0.15) is 26.2 Å². The molecule has 1 rings (SSSR count). The fourth-order valence-electron chi connectivity index (χ4n) is 1.89. The van der Waals surface area contributed by atoms with Gasteiger partial charge in [-0.3, -0.25) is 0 Å². The van der Waals surface area contributed by atoms with Gasteiger partial charge in [0.05, 0.1) is 12.7 Å². The molecule has 1 aliphatic heterocycles. The van der Waals surface area contributed by atoms with Crippen molar-refractivity contribution in [1.29, 1.82) is 0 Å². The van der Waals surface area contributed by atoms with E-state index in [1.54, 1.807) is 7.11 Å². The van der Waals surface area contributed by atoms with Gasteiger partial charge in [-0.05, 0) is 45.2 Å². The number of hydrogen-bond acceptors (Lipinski definition) is 3. The molecule has 1 fully saturated rings. The summed E-state index contributed by atoms with van der Waals surface area (Å²) in [5, 5.41) is 3.42. The lowest BCUT2D eigenvalue weighted by molar-refractivity contribution is 0.00302. The molecule has 3 nitrogen and oxygen atoms in total. The van der Waals surface area contributed by atoms with Crippen molar-refractivity contribution in [1.82, 2.24) is 5.32 Å². The number of nitrogens with one attached hydrogen (secondary N) is 1. The molecule has 2 atom stereocenters. The van der Waals surface area contributed by atoms with E-state index < -0.39 is 0 Å². The van der Waals surface area contributed by atoms with Crippen LogP contribution in [0.15, 0.2) is 0 Å². The summed E-state index contributed by atoms with van der Waals surface area (Å²) in [5.41, 5.74) is 0. The summed E-state index contributed by atoms with van der Waals surface area (Å²) < 4.78 is 10.6. The highest BCUT2D eigenvalue weighted by Crippen LogP contribution is 2.14. The summed E-state index contributed by atoms with van der Waals surface area (Å²) >= 11 is 0. The van der Waals surface area contributed by atoms with Crippen LogP contribution in [0.4, 0.5) is 0 Å². The normalized spacial score (nSPS) is 24.9. The van der Waals surface area contributed by atoms with Gasteiger partial charge >= 0.3 is 0 Å². The van der Waals surface area contributed by atoms with Gasteiger partial charge in [0.25, 0.3) is 0 Å². The molecule has 0 aromatic rings. The van der Waals surface area contributed by atoms with Crippen molar-refractivity contribution < 1.29 is 9.47 Å². The van der Waals surface area contributed by atoms with Crippen molar-refractivity contribution in [2.75, 3.05) is 33.4 Å². The van der Waals surface area contributed by atoms with Crippen LogP contribution >= 0.6 is 0 Å². The van der Waals surface area contributed by atoms with E-state index in [0.29, 0.717) is 6.61 Å². The molecule has 0 aliphatic carbocycles. The molecule has 0 aromatic heterocycles. The van der Waals surface area contributed by atoms with Crippen molar-refractivity contribution in [2.24, 2.45) is 5.92 Å². The van der Waals surface area contributed by atoms with E-state index >= 15 is 0 Å². The topological polar surface area (TPSA) is 30.5 Å². The molecule has 0 spiro atoms. The quantitative estimate of drug-likeness (QED) is 0.705. The van der Waals surface area contributed by atoms with Crippen LogP contribution in [0.25, 0.3) is 0 Å². The molecule has 1 heterocycles. The standard InChI is InChI=1S/C11H23NO2/c1-10(9-13-2)14-7-5-11-4-3-6-12-8-11/h10-12H,3-9H2,1-2H3. The molecule has 0 amide bonds. The van der Waals surface area contributed by atoms with E-state index in [1.807, 2.05) is 0 Å². The van der Waals surface area contributed by atoms with Crippen molar-refractivity contribution >= 4 is 0 Å². The minimum atomic E-state index is 0.233. The van der Waals surface area contributed by atoms with Crippen LogP contribution in [0.2, 0.25) is 0 Å². The largest absolute Gasteiger partial charge is 0.382 e. The lowest BCUT2D eigenvalue weighted by Crippen LogP contribution is -2.30. The third-order valence-electron chi connectivity index (χ3n) is 2.73. The molecule has 84 valence electrons. The Morgan fingerprint density at radius 2 is 2.36 bits per heavy atom. The molecule has 2 unspecified atom stereocenters. The Morgan fingerprint density at radius 3 is 3.00 bits per heavy atom. The van der Waals surface area contributed by atoms with Gasteiger partial charge in [-0.1, -0.05) is 0 Å². The first-order chi connectivity index (χ1) is 6.83. The summed E-state index contributed by atoms with van der Waals surface area (Å²) in [6.45, 7) is 5.99. The summed E-state index contributed by atoms with van der Waals surface area (Å²) in [7, 11) is 1.71. The Bertz CT molecular complexity index is 135. The number of rotatable bonds is 6. The summed E-state index contributed by atoms with van der Waals surface area (Å²) in [6, 6.07) is 0. The smallest absolute Gasteiger partial charge is 0.0780 e. The first-order valence-electron chi connectivity index (χ1n) is 5.64. The minimum absolute atomic E-state index is 0.233. The van der Waals surface area contributed by atoms with Gasteiger partial charge in [0.2, 0.25) is 0 Å². The van der Waals surface area contributed by atoms with Crippen molar-refractivity contribution in [2.45, 2.75) is 32.3 Å². The number of methoxy groups -OCH3 is 1. The second kappa shape index (κ2) is 7.21. The van der Waals surface area contributed by atoms with Gasteiger partial charge in [-0.15, -0.1) is 0 Å². The first kappa shape index (κ1) is 12.0. The molecule has 0 aromatic carbocycles. The monoisotopic (exact) mass is 201 g/mol. The number of piperidine rings is 1. The van der Waals surface area contributed by atoms with Gasteiger partial charge < -0.3 is 14.8 Å². The van der Waals surface area contributed by atoms with Crippen molar-refractivity contribution in [3.05, 3.63) is 0 Å². The lowest BCUT2D eigenvalue weighted by atomic mass is 9.97. The zero-order chi connectivity index (χ0) is 10.2. The zero-order valence-electron chi connectivity index (χ0n) is 9.42. The molecule has 3 heteroatoms. The fraction of sp³-hybridized carbons (Fsp3) is 1.00. The van der Waals surface area contributed by atoms with Gasteiger partial charge in [-0.25, -0.2) is 0 Å². The average Bonchev–Trinajstić information content (AvgIpc) is 2.20. The molecule has 0 radical (unpaired) electrons. The Hall–Kier alpha value is -0.120. The van der Waals surface area contributed by atoms with Gasteiger partial charge in [-0.2, -0.15) is 0 Å². The second-order valence-electron chi connectivity index (χ2n) is 4.14. The maximum atomic E-state index is 5.63. The number of ether oxygens (including phenoxy) is 2. The molecule has 0 bridgehead atoms. The summed E-state index contributed by atoms with van der Waals surface area (Å²) in [6.07, 6.45) is 4.09. The third-order valence-corrected chi connectivity index (χ3v) is 2.73. The van der Waals surface area contributed by atoms with E-state index in [9.17, 15) is 0 Å². The van der Waals surface area contributed by atoms with Crippen LogP contribution in [-0.2, 0) is 9.47 Å². The molecule has 1 N–H and O–H groups in total. The van der Waals surface area contributed by atoms with Crippen LogP contribution in [-0.4, -0.2) is 39.5 Å². The van der Waals surface area contributed by atoms with E-state index in [4.69, 9.17) is 9.47 Å². The summed E-state index contributed by atoms with van der Waals surface area (Å²) in [5.74, 6) is 0.818. The summed E-state index contributed by atoms with van der Waals surface area (Å²) in [4.78, 5) is 0. The molecule has 1 saturated heterocycles. The first-order valence-corrected chi connectivity index (χ1v) is 5.64. The van der Waals surface area contributed by atoms with Crippen molar-refractivity contribution in [3.8, 4) is 0 Å². The van der Waals surface area contributed by atoms with Crippen LogP contribution in [0.3, 0.4) is 0 Å². The Labute approximate surface area is 87.2 Å². The maximum absolute atomic E-state index is 5.63. The average molecular weight is 201 g/mol. The third kappa shape index (κ3) is 4.94. The molecule has 1 aliphatic rings. The highest BCUT2D eigenvalue weighted by Gasteiger charge is 2.12. The predicted octanol–water partition coefficient (Wildman–Crippen LogP) is 1.43. The number of hydrogen-bond donors (Lipinski definition) is 1. The Balaban J connectivity index is 1.96. The zero-order valence-corrected chi connectivity index (χ0v) is 9.42. The lowest BCUT2D eigenvalue weighted by Gasteiger charge is -2.23. The van der Waals surface area contributed by atoms with Gasteiger partial charge in [0.15, 0.2) is 0 Å². The predicted molar refractivity (Wildman–Crippen MR) is 57.5 cm³/mol. The Kier molecular flexibility index (Phi) is 6.15. The molecule has 0 saturated carbocycles. The van der Waals surface area contributed by atoms with E-state index in [0.717, 1.165) is 12.5 Å². The molecule has 14 heavy (non-hydrogen) atoms. The van der Waals surface area contributed by atoms with E-state index in [1.165, 1.54) is 32.4 Å². The van der Waals surface area contributed by atoms with Crippen LogP contribution in [0.5, 0.6) is 0 Å². The second-order valence-corrected chi connectivity index (χ2v) is 4.14. The van der Waals surface area contributed by atoms with E-state index in [2.05, 4.69) is 12.2 Å². The molecular weight excluding hydrogens is 178 g/mol. The van der Waals surface area contributed by atoms with Crippen LogP contribution in [0, 0.1) is 5.92 Å². The highest BCUT2D eigenvalue weighted by molar-refractivity contribution is 4.68. The van der Waals surface area contributed by atoms with Crippen molar-refractivity contribution in [3.63, 3.8) is 0 Å². The van der Waals surface area contributed by atoms with Gasteiger partial charge in [0, 0.05) is 13.7 Å². The highest BCUT2D eigenvalue weighted by atomic mass is 16.5. The maximum Gasteiger partial charge on any atom is 0.0780 e. The fourth-order valence-corrected chi connectivity index (χ4v) is 1.89. The SMILES string of the molecule is COCC(C)OCCC1CCCNC1. The van der Waals surface area contributed by atoms with Gasteiger partial charge in [0.1, 0.15) is 0 Å². The molecular formula is C11H23NO2. The van der Waals surface area contributed by atoms with Crippen LogP contribution < -0.4 is 5.32 Å². The van der Waals surface area contributed by atoms with E-state index in [-0.39, 0.29) is 6.10 Å². The minimum Gasteiger partial charge on any atom is -0.382 e. The Morgan fingerprint density at radius 1 is 1.50 bits per heavy atom.